The van der Waals surface area contributed by atoms with E-state index in [4.69, 9.17) is 15.2 Å². The summed E-state index contributed by atoms with van der Waals surface area (Å²) in [6.45, 7) is 8.97. The minimum absolute atomic E-state index is 0. The summed E-state index contributed by atoms with van der Waals surface area (Å²) in [6.07, 6.45) is 3.13. The predicted molar refractivity (Wildman–Crippen MR) is 108 cm³/mol. The van der Waals surface area contributed by atoms with Gasteiger partial charge in [0.15, 0.2) is 0 Å². The number of halogens is 1. The van der Waals surface area contributed by atoms with Crippen molar-refractivity contribution in [2.45, 2.75) is 71.6 Å². The molecule has 1 heterocycles. The van der Waals surface area contributed by atoms with Crippen LogP contribution in [0.2, 0.25) is 0 Å². The van der Waals surface area contributed by atoms with Crippen LogP contribution in [-0.2, 0) is 20.7 Å². The first-order valence-electron chi connectivity index (χ1n) is 9.50. The van der Waals surface area contributed by atoms with Gasteiger partial charge in [-0.15, -0.1) is 12.4 Å². The zero-order valence-electron chi connectivity index (χ0n) is 16.4. The average Bonchev–Trinajstić information content (AvgIpc) is 2.59. The van der Waals surface area contributed by atoms with Crippen LogP contribution in [0.3, 0.4) is 0 Å². The van der Waals surface area contributed by atoms with E-state index in [-0.39, 0.29) is 30.6 Å². The third-order valence-electron chi connectivity index (χ3n) is 4.86. The van der Waals surface area contributed by atoms with Crippen LogP contribution < -0.4 is 5.73 Å². The number of ether oxygens (including phenoxy) is 2. The summed E-state index contributed by atoms with van der Waals surface area (Å²) in [7, 11) is 0. The van der Waals surface area contributed by atoms with Gasteiger partial charge in [-0.1, -0.05) is 50.1 Å². The number of hydrogen-bond acceptors (Lipinski definition) is 4. The average molecular weight is 384 g/mol. The number of esters is 1. The van der Waals surface area contributed by atoms with E-state index >= 15 is 0 Å². The maximum Gasteiger partial charge on any atom is 0.323 e. The molecular weight excluding hydrogens is 350 g/mol. The van der Waals surface area contributed by atoms with Gasteiger partial charge in [0.05, 0.1) is 6.10 Å². The molecule has 0 unspecified atom stereocenters. The maximum atomic E-state index is 12.1. The molecule has 1 aliphatic heterocycles. The lowest BCUT2D eigenvalue weighted by Gasteiger charge is -2.32. The summed E-state index contributed by atoms with van der Waals surface area (Å²) in [6, 6.07) is 8.14. The predicted octanol–water partition coefficient (Wildman–Crippen LogP) is 4.06. The highest BCUT2D eigenvalue weighted by atomic mass is 35.5. The quantitative estimate of drug-likeness (QED) is 0.779. The third-order valence-corrected chi connectivity index (χ3v) is 4.86. The van der Waals surface area contributed by atoms with E-state index in [2.05, 4.69) is 45.0 Å². The van der Waals surface area contributed by atoms with E-state index in [1.54, 1.807) is 0 Å². The van der Waals surface area contributed by atoms with E-state index in [0.29, 0.717) is 24.9 Å². The van der Waals surface area contributed by atoms with Gasteiger partial charge in [0.1, 0.15) is 12.1 Å². The lowest BCUT2D eigenvalue weighted by atomic mass is 9.86. The van der Waals surface area contributed by atoms with Gasteiger partial charge in [0.2, 0.25) is 0 Å². The Morgan fingerprint density at radius 3 is 2.50 bits per heavy atom. The molecule has 1 saturated heterocycles. The van der Waals surface area contributed by atoms with Crippen molar-refractivity contribution in [3.05, 3.63) is 35.4 Å². The molecule has 0 amide bonds. The standard InChI is InChI=1S/C21H33NO3.ClH/c1-14(2)13-24-20-16(4)25-21(23)19(22)7-5-6-18(20)12-17-10-8-15(3)9-11-17;/h8-11,14,16,18-20H,5-7,12-13,22H2,1-4H3;1H/t16-,18+,19-,20-;/m0./s1. The second-order valence-electron chi connectivity index (χ2n) is 7.82. The van der Waals surface area contributed by atoms with E-state index in [1.807, 2.05) is 6.92 Å². The molecule has 4 atom stereocenters. The Hall–Kier alpha value is -1.10. The highest BCUT2D eigenvalue weighted by Gasteiger charge is 2.33. The van der Waals surface area contributed by atoms with Crippen molar-refractivity contribution in [2.75, 3.05) is 6.61 Å². The number of carbonyl (C=O) groups excluding carboxylic acids is 1. The number of hydrogen-bond donors (Lipinski definition) is 1. The van der Waals surface area contributed by atoms with Crippen LogP contribution in [0, 0.1) is 18.8 Å². The molecule has 0 bridgehead atoms. The highest BCUT2D eigenvalue weighted by molar-refractivity contribution is 5.85. The van der Waals surface area contributed by atoms with Crippen LogP contribution in [0.4, 0.5) is 0 Å². The molecule has 1 fully saturated rings. The van der Waals surface area contributed by atoms with Gasteiger partial charge >= 0.3 is 5.97 Å². The number of benzene rings is 1. The van der Waals surface area contributed by atoms with Gasteiger partial charge in [0.25, 0.3) is 0 Å². The number of carbonyl (C=O) groups is 1. The third kappa shape index (κ3) is 6.90. The zero-order chi connectivity index (χ0) is 18.4. The van der Waals surface area contributed by atoms with Crippen molar-refractivity contribution in [2.24, 2.45) is 17.6 Å². The van der Waals surface area contributed by atoms with E-state index in [9.17, 15) is 4.79 Å². The zero-order valence-corrected chi connectivity index (χ0v) is 17.3. The monoisotopic (exact) mass is 383 g/mol. The van der Waals surface area contributed by atoms with Crippen LogP contribution in [-0.4, -0.2) is 30.8 Å². The molecule has 0 radical (unpaired) electrons. The fourth-order valence-corrected chi connectivity index (χ4v) is 3.42. The minimum Gasteiger partial charge on any atom is -0.459 e. The van der Waals surface area contributed by atoms with Crippen LogP contribution in [0.1, 0.15) is 51.2 Å². The summed E-state index contributed by atoms with van der Waals surface area (Å²) >= 11 is 0. The molecule has 1 aromatic rings. The molecule has 2 N–H and O–H groups in total. The summed E-state index contributed by atoms with van der Waals surface area (Å²) < 4.78 is 11.8. The largest absolute Gasteiger partial charge is 0.459 e. The lowest BCUT2D eigenvalue weighted by molar-refractivity contribution is -0.160. The minimum atomic E-state index is -0.522. The highest BCUT2D eigenvalue weighted by Crippen LogP contribution is 2.27. The Morgan fingerprint density at radius 2 is 1.88 bits per heavy atom. The Bertz CT molecular complexity index is 547. The summed E-state index contributed by atoms with van der Waals surface area (Å²) in [5.41, 5.74) is 8.51. The van der Waals surface area contributed by atoms with E-state index < -0.39 is 6.04 Å². The van der Waals surface area contributed by atoms with Crippen LogP contribution in [0.25, 0.3) is 0 Å². The Morgan fingerprint density at radius 1 is 1.23 bits per heavy atom. The van der Waals surface area contributed by atoms with Crippen LogP contribution in [0.15, 0.2) is 24.3 Å². The number of rotatable bonds is 5. The van der Waals surface area contributed by atoms with Crippen LogP contribution >= 0.6 is 12.4 Å². The first-order chi connectivity index (χ1) is 11.9. The second kappa shape index (κ2) is 10.9. The molecule has 5 heteroatoms. The molecule has 0 aromatic heterocycles. The van der Waals surface area contributed by atoms with Gasteiger partial charge in [-0.3, -0.25) is 4.79 Å². The lowest BCUT2D eigenvalue weighted by Crippen LogP contribution is -2.41. The van der Waals surface area contributed by atoms with Crippen molar-refractivity contribution in [1.82, 2.24) is 0 Å². The van der Waals surface area contributed by atoms with Gasteiger partial charge in [-0.2, -0.15) is 0 Å². The first kappa shape index (κ1) is 22.9. The summed E-state index contributed by atoms with van der Waals surface area (Å²) in [4.78, 5) is 12.1. The molecular formula is C21H34ClNO3. The topological polar surface area (TPSA) is 61.6 Å². The molecule has 148 valence electrons. The smallest absolute Gasteiger partial charge is 0.323 e. The molecule has 2 rings (SSSR count). The number of cyclic esters (lactones) is 1. The van der Waals surface area contributed by atoms with Gasteiger partial charge in [-0.25, -0.2) is 0 Å². The van der Waals surface area contributed by atoms with Crippen molar-refractivity contribution in [3.8, 4) is 0 Å². The molecule has 0 aliphatic carbocycles. The summed E-state index contributed by atoms with van der Waals surface area (Å²) in [5, 5.41) is 0. The number of aryl methyl sites for hydroxylation is 1. The van der Waals surface area contributed by atoms with Gasteiger partial charge in [0, 0.05) is 6.61 Å². The Balaban J connectivity index is 0.00000338. The van der Waals surface area contributed by atoms with E-state index in [0.717, 1.165) is 19.3 Å². The fraction of sp³-hybridized carbons (Fsp3) is 0.667. The second-order valence-corrected chi connectivity index (χ2v) is 7.82. The molecule has 4 nitrogen and oxygen atoms in total. The Labute approximate surface area is 164 Å². The molecule has 0 spiro atoms. The molecule has 0 saturated carbocycles. The maximum absolute atomic E-state index is 12.1. The van der Waals surface area contributed by atoms with E-state index in [1.165, 1.54) is 11.1 Å². The van der Waals surface area contributed by atoms with Crippen LogP contribution in [0.5, 0.6) is 0 Å². The molecule has 1 aliphatic rings. The molecule has 1 aromatic carbocycles. The Kier molecular flexibility index (Phi) is 9.62. The van der Waals surface area contributed by atoms with Crippen molar-refractivity contribution in [1.29, 1.82) is 0 Å². The first-order valence-corrected chi connectivity index (χ1v) is 9.50. The normalized spacial score (nSPS) is 27.1. The van der Waals surface area contributed by atoms with Crippen molar-refractivity contribution >= 4 is 18.4 Å². The summed E-state index contributed by atoms with van der Waals surface area (Å²) in [5.74, 6) is 0.453. The SMILES string of the molecule is Cc1ccc(C[C@H]2CCC[C@H](N)C(=O)O[C@@H](C)[C@@H]2OCC(C)C)cc1.Cl. The van der Waals surface area contributed by atoms with Crippen molar-refractivity contribution < 1.29 is 14.3 Å². The number of nitrogens with two attached hydrogens (primary N) is 1. The van der Waals surface area contributed by atoms with Crippen molar-refractivity contribution in [3.63, 3.8) is 0 Å². The van der Waals surface area contributed by atoms with Gasteiger partial charge < -0.3 is 15.2 Å². The molecule has 26 heavy (non-hydrogen) atoms. The fourth-order valence-electron chi connectivity index (χ4n) is 3.42. The van der Waals surface area contributed by atoms with Gasteiger partial charge in [-0.05, 0) is 50.5 Å².